The van der Waals surface area contributed by atoms with Crippen LogP contribution in [0.4, 0.5) is 0 Å². The number of morpholine rings is 1. The highest BCUT2D eigenvalue weighted by Gasteiger charge is 2.33. The van der Waals surface area contributed by atoms with Crippen molar-refractivity contribution < 1.29 is 9.53 Å². The molecule has 1 heterocycles. The zero-order valence-corrected chi connectivity index (χ0v) is 13.9. The zero-order chi connectivity index (χ0) is 15.5. The monoisotopic (exact) mass is 342 g/mol. The fourth-order valence-corrected chi connectivity index (χ4v) is 3.04. The second-order valence-electron chi connectivity index (χ2n) is 5.93. The van der Waals surface area contributed by atoms with E-state index in [2.05, 4.69) is 5.32 Å². The first-order valence-corrected chi connectivity index (χ1v) is 8.43. The average molecular weight is 343 g/mol. The largest absolute Gasteiger partial charge is 0.378 e. The van der Waals surface area contributed by atoms with E-state index in [-0.39, 0.29) is 11.9 Å². The van der Waals surface area contributed by atoms with Crippen LogP contribution in [-0.4, -0.2) is 42.6 Å². The van der Waals surface area contributed by atoms with Crippen molar-refractivity contribution in [1.82, 2.24) is 10.2 Å². The maximum Gasteiger partial charge on any atom is 0.224 e. The predicted octanol–water partition coefficient (Wildman–Crippen LogP) is 2.86. The van der Waals surface area contributed by atoms with E-state index >= 15 is 0 Å². The van der Waals surface area contributed by atoms with Gasteiger partial charge in [0.25, 0.3) is 0 Å². The van der Waals surface area contributed by atoms with Gasteiger partial charge in [0.2, 0.25) is 5.91 Å². The Bertz CT molecular complexity index is 543. The number of benzene rings is 1. The van der Waals surface area contributed by atoms with Gasteiger partial charge in [-0.15, -0.1) is 0 Å². The molecule has 1 amide bonds. The Morgan fingerprint density at radius 3 is 2.77 bits per heavy atom. The lowest BCUT2D eigenvalue weighted by Gasteiger charge is -2.28. The van der Waals surface area contributed by atoms with Crippen LogP contribution >= 0.6 is 23.2 Å². The SMILES string of the molecule is O=C(CC1COCCN1)N(Cc1ccc(Cl)c(Cl)c1)C1CC1. The molecule has 1 N–H and O–H groups in total. The van der Waals surface area contributed by atoms with E-state index in [1.54, 1.807) is 6.07 Å². The molecule has 22 heavy (non-hydrogen) atoms. The molecule has 1 atom stereocenters. The van der Waals surface area contributed by atoms with Crippen LogP contribution in [0.3, 0.4) is 0 Å². The molecule has 6 heteroatoms. The van der Waals surface area contributed by atoms with Crippen molar-refractivity contribution >= 4 is 29.1 Å². The van der Waals surface area contributed by atoms with E-state index in [4.69, 9.17) is 27.9 Å². The molecule has 1 saturated heterocycles. The molecule has 1 aromatic rings. The summed E-state index contributed by atoms with van der Waals surface area (Å²) in [6.45, 7) is 2.74. The van der Waals surface area contributed by atoms with Gasteiger partial charge >= 0.3 is 0 Å². The van der Waals surface area contributed by atoms with Crippen LogP contribution < -0.4 is 5.32 Å². The number of halogens is 2. The summed E-state index contributed by atoms with van der Waals surface area (Å²) < 4.78 is 5.42. The van der Waals surface area contributed by atoms with Crippen LogP contribution in [0.5, 0.6) is 0 Å². The summed E-state index contributed by atoms with van der Waals surface area (Å²) in [6, 6.07) is 6.04. The summed E-state index contributed by atoms with van der Waals surface area (Å²) >= 11 is 12.0. The molecule has 2 aliphatic rings. The summed E-state index contributed by atoms with van der Waals surface area (Å²) in [7, 11) is 0. The molecule has 1 aromatic carbocycles. The van der Waals surface area contributed by atoms with Crippen molar-refractivity contribution in [1.29, 1.82) is 0 Å². The Kier molecular flexibility index (Phi) is 5.24. The van der Waals surface area contributed by atoms with Crippen molar-refractivity contribution in [3.05, 3.63) is 33.8 Å². The quantitative estimate of drug-likeness (QED) is 0.894. The second-order valence-corrected chi connectivity index (χ2v) is 6.75. The lowest BCUT2D eigenvalue weighted by atomic mass is 10.1. The molecule has 0 aromatic heterocycles. The van der Waals surface area contributed by atoms with Crippen molar-refractivity contribution in [3.63, 3.8) is 0 Å². The maximum absolute atomic E-state index is 12.6. The maximum atomic E-state index is 12.6. The molecule has 1 aliphatic carbocycles. The van der Waals surface area contributed by atoms with E-state index in [1.165, 1.54) is 0 Å². The second kappa shape index (κ2) is 7.18. The van der Waals surface area contributed by atoms with Crippen LogP contribution in [0.1, 0.15) is 24.8 Å². The average Bonchev–Trinajstić information content (AvgIpc) is 3.34. The minimum atomic E-state index is 0.122. The number of carbonyl (C=O) groups is 1. The van der Waals surface area contributed by atoms with Crippen LogP contribution in [0, 0.1) is 0 Å². The van der Waals surface area contributed by atoms with E-state index in [0.717, 1.165) is 31.6 Å². The molecule has 120 valence electrons. The van der Waals surface area contributed by atoms with Crippen LogP contribution in [0.2, 0.25) is 10.0 Å². The molecule has 2 fully saturated rings. The summed E-state index contributed by atoms with van der Waals surface area (Å²) in [4.78, 5) is 14.6. The van der Waals surface area contributed by atoms with E-state index in [9.17, 15) is 4.79 Å². The van der Waals surface area contributed by atoms with Gasteiger partial charge in [0.1, 0.15) is 0 Å². The van der Waals surface area contributed by atoms with Crippen molar-refractivity contribution in [3.8, 4) is 0 Å². The molecule has 4 nitrogen and oxygen atoms in total. The highest BCUT2D eigenvalue weighted by Crippen LogP contribution is 2.30. The molecular formula is C16H20Cl2N2O2. The summed E-state index contributed by atoms with van der Waals surface area (Å²) in [5, 5.41) is 4.41. The van der Waals surface area contributed by atoms with Gasteiger partial charge in [-0.05, 0) is 30.5 Å². The molecule has 0 spiro atoms. The normalized spacial score (nSPS) is 21.6. The van der Waals surface area contributed by atoms with Crippen LogP contribution in [-0.2, 0) is 16.1 Å². The molecule has 1 aliphatic heterocycles. The summed E-state index contributed by atoms with van der Waals surface area (Å²) in [6.07, 6.45) is 2.65. The summed E-state index contributed by atoms with van der Waals surface area (Å²) in [5.41, 5.74) is 1.02. The highest BCUT2D eigenvalue weighted by molar-refractivity contribution is 6.42. The lowest BCUT2D eigenvalue weighted by Crippen LogP contribution is -2.45. The van der Waals surface area contributed by atoms with Crippen molar-refractivity contribution in [2.45, 2.75) is 37.9 Å². The van der Waals surface area contributed by atoms with Gasteiger partial charge in [0, 0.05) is 31.6 Å². The Labute approximate surface area is 140 Å². The zero-order valence-electron chi connectivity index (χ0n) is 12.4. The van der Waals surface area contributed by atoms with Crippen molar-refractivity contribution in [2.24, 2.45) is 0 Å². The third-order valence-electron chi connectivity index (χ3n) is 4.06. The Balaban J connectivity index is 1.64. The lowest BCUT2D eigenvalue weighted by molar-refractivity contribution is -0.133. The number of nitrogens with zero attached hydrogens (tertiary/aromatic N) is 1. The third-order valence-corrected chi connectivity index (χ3v) is 4.80. The Hall–Kier alpha value is -0.810. The molecular weight excluding hydrogens is 323 g/mol. The fourth-order valence-electron chi connectivity index (χ4n) is 2.72. The third kappa shape index (κ3) is 4.13. The van der Waals surface area contributed by atoms with Gasteiger partial charge < -0.3 is 15.0 Å². The Morgan fingerprint density at radius 1 is 1.32 bits per heavy atom. The standard InChI is InChI=1S/C16H20Cl2N2O2/c17-14-4-1-11(7-15(14)18)9-20(13-2-3-13)16(21)8-12-10-22-6-5-19-12/h1,4,7,12-13,19H,2-3,5-6,8-10H2. The van der Waals surface area contributed by atoms with E-state index in [0.29, 0.717) is 35.7 Å². The first kappa shape index (κ1) is 16.1. The van der Waals surface area contributed by atoms with Crippen LogP contribution in [0.25, 0.3) is 0 Å². The number of nitrogens with one attached hydrogen (secondary N) is 1. The number of hydrogen-bond donors (Lipinski definition) is 1. The van der Waals surface area contributed by atoms with Crippen LogP contribution in [0.15, 0.2) is 18.2 Å². The highest BCUT2D eigenvalue weighted by atomic mass is 35.5. The smallest absolute Gasteiger partial charge is 0.224 e. The fraction of sp³-hybridized carbons (Fsp3) is 0.562. The van der Waals surface area contributed by atoms with Gasteiger partial charge in [-0.2, -0.15) is 0 Å². The number of amides is 1. The Morgan fingerprint density at radius 2 is 2.14 bits per heavy atom. The van der Waals surface area contributed by atoms with Crippen molar-refractivity contribution in [2.75, 3.05) is 19.8 Å². The van der Waals surface area contributed by atoms with Gasteiger partial charge in [-0.3, -0.25) is 4.79 Å². The first-order valence-electron chi connectivity index (χ1n) is 7.68. The van der Waals surface area contributed by atoms with Gasteiger partial charge in [-0.1, -0.05) is 29.3 Å². The molecule has 1 unspecified atom stereocenters. The minimum absolute atomic E-state index is 0.122. The number of rotatable bonds is 5. The number of hydrogen-bond acceptors (Lipinski definition) is 3. The van der Waals surface area contributed by atoms with E-state index < -0.39 is 0 Å². The predicted molar refractivity (Wildman–Crippen MR) is 87.3 cm³/mol. The summed E-state index contributed by atoms with van der Waals surface area (Å²) in [5.74, 6) is 0.177. The number of ether oxygens (including phenoxy) is 1. The van der Waals surface area contributed by atoms with Gasteiger partial charge in [0.05, 0.1) is 23.3 Å². The van der Waals surface area contributed by atoms with Gasteiger partial charge in [0.15, 0.2) is 0 Å². The van der Waals surface area contributed by atoms with E-state index in [1.807, 2.05) is 17.0 Å². The van der Waals surface area contributed by atoms with Gasteiger partial charge in [-0.25, -0.2) is 0 Å². The minimum Gasteiger partial charge on any atom is -0.378 e. The molecule has 1 saturated carbocycles. The number of carbonyl (C=O) groups excluding carboxylic acids is 1. The molecule has 0 bridgehead atoms. The molecule has 3 rings (SSSR count). The molecule has 0 radical (unpaired) electrons. The topological polar surface area (TPSA) is 41.6 Å². The first-order chi connectivity index (χ1) is 10.6.